The molecule has 0 heterocycles. The summed E-state index contributed by atoms with van der Waals surface area (Å²) in [7, 11) is 2.86. The summed E-state index contributed by atoms with van der Waals surface area (Å²) in [4.78, 5) is 26.0. The van der Waals surface area contributed by atoms with E-state index in [1.54, 1.807) is 42.5 Å². The molecule has 0 spiro atoms. The fourth-order valence-corrected chi connectivity index (χ4v) is 2.33. The number of para-hydroxylation sites is 2. The van der Waals surface area contributed by atoms with Crippen molar-refractivity contribution in [3.05, 3.63) is 54.1 Å². The highest BCUT2D eigenvalue weighted by Gasteiger charge is 2.21. The Bertz CT molecular complexity index is 814. The molecule has 2 rings (SSSR count). The van der Waals surface area contributed by atoms with E-state index in [1.165, 1.54) is 25.2 Å². The van der Waals surface area contributed by atoms with Crippen LogP contribution in [0.5, 0.6) is 11.5 Å². The van der Waals surface area contributed by atoms with Gasteiger partial charge in [-0.25, -0.2) is 4.79 Å². The van der Waals surface area contributed by atoms with Gasteiger partial charge in [0, 0.05) is 5.69 Å². The monoisotopic (exact) mass is 354 g/mol. The normalized spacial score (nSPS) is 9.73. The Morgan fingerprint density at radius 2 is 1.77 bits per heavy atom. The third-order valence-corrected chi connectivity index (χ3v) is 3.55. The van der Waals surface area contributed by atoms with Crippen molar-refractivity contribution in [3.8, 4) is 17.6 Å². The van der Waals surface area contributed by atoms with E-state index >= 15 is 0 Å². The van der Waals surface area contributed by atoms with E-state index < -0.39 is 18.5 Å². The first-order chi connectivity index (χ1) is 12.6. The van der Waals surface area contributed by atoms with Gasteiger partial charge in [-0.05, 0) is 24.3 Å². The number of methoxy groups -OCH3 is 2. The highest BCUT2D eigenvalue weighted by molar-refractivity contribution is 5.98. The number of nitrogens with zero attached hydrogens (tertiary/aromatic N) is 2. The average molecular weight is 354 g/mol. The van der Waals surface area contributed by atoms with Crippen LogP contribution in [0.25, 0.3) is 0 Å². The van der Waals surface area contributed by atoms with Gasteiger partial charge in [0.25, 0.3) is 5.91 Å². The van der Waals surface area contributed by atoms with E-state index in [0.717, 1.165) is 0 Å². The number of ether oxygens (including phenoxy) is 3. The number of carbonyl (C=O) groups is 2. The Balaban J connectivity index is 2.11. The zero-order valence-corrected chi connectivity index (χ0v) is 14.5. The van der Waals surface area contributed by atoms with Gasteiger partial charge in [-0.15, -0.1) is 0 Å². The van der Waals surface area contributed by atoms with Crippen molar-refractivity contribution in [2.24, 2.45) is 0 Å². The molecule has 2 aromatic rings. The molecule has 0 saturated heterocycles. The standard InChI is InChI=1S/C19H18N2O5/c1-24-16-10-6-9-15(18(16)25-2)19(23)26-13-17(22)21(12-11-20)14-7-4-3-5-8-14/h3-10H,12-13H2,1-2H3. The number of rotatable bonds is 7. The van der Waals surface area contributed by atoms with Crippen LogP contribution in [0.3, 0.4) is 0 Å². The SMILES string of the molecule is COc1cccc(C(=O)OCC(=O)N(CC#N)c2ccccc2)c1OC. The number of carbonyl (C=O) groups excluding carboxylic acids is 2. The van der Waals surface area contributed by atoms with Crippen LogP contribution in [0, 0.1) is 11.3 Å². The highest BCUT2D eigenvalue weighted by atomic mass is 16.5. The van der Waals surface area contributed by atoms with E-state index in [0.29, 0.717) is 11.4 Å². The third kappa shape index (κ3) is 4.30. The van der Waals surface area contributed by atoms with E-state index in [2.05, 4.69) is 0 Å². The Morgan fingerprint density at radius 3 is 2.38 bits per heavy atom. The molecule has 0 fully saturated rings. The number of hydrogen-bond donors (Lipinski definition) is 0. The van der Waals surface area contributed by atoms with Crippen LogP contribution in [-0.4, -0.2) is 39.2 Å². The molecule has 134 valence electrons. The summed E-state index contributed by atoms with van der Waals surface area (Å²) in [6.07, 6.45) is 0. The number of anilines is 1. The minimum atomic E-state index is -0.723. The third-order valence-electron chi connectivity index (χ3n) is 3.55. The Kier molecular flexibility index (Phi) is 6.57. The molecule has 0 bridgehead atoms. The summed E-state index contributed by atoms with van der Waals surface area (Å²) in [6, 6.07) is 15.4. The molecule has 1 amide bonds. The summed E-state index contributed by atoms with van der Waals surface area (Å²) < 4.78 is 15.4. The molecule has 0 aromatic heterocycles. The van der Waals surface area contributed by atoms with Crippen LogP contribution < -0.4 is 14.4 Å². The van der Waals surface area contributed by atoms with E-state index in [-0.39, 0.29) is 17.9 Å². The predicted octanol–water partition coefficient (Wildman–Crippen LogP) is 2.42. The molecule has 0 unspecified atom stereocenters. The first-order valence-corrected chi connectivity index (χ1v) is 7.72. The molecule has 0 radical (unpaired) electrons. The topological polar surface area (TPSA) is 88.9 Å². The predicted molar refractivity (Wildman–Crippen MR) is 94.2 cm³/mol. The first kappa shape index (κ1) is 18.8. The second-order valence-electron chi connectivity index (χ2n) is 5.09. The van der Waals surface area contributed by atoms with Gasteiger partial charge in [0.05, 0.1) is 20.3 Å². The fraction of sp³-hybridized carbons (Fsp3) is 0.211. The van der Waals surface area contributed by atoms with Crippen LogP contribution in [0.15, 0.2) is 48.5 Å². The zero-order chi connectivity index (χ0) is 18.9. The first-order valence-electron chi connectivity index (χ1n) is 7.72. The lowest BCUT2D eigenvalue weighted by atomic mass is 10.2. The minimum Gasteiger partial charge on any atom is -0.493 e. The summed E-state index contributed by atoms with van der Waals surface area (Å²) >= 11 is 0. The van der Waals surface area contributed by atoms with Gasteiger partial charge in [-0.2, -0.15) is 5.26 Å². The molecular weight excluding hydrogens is 336 g/mol. The number of esters is 1. The molecule has 0 N–H and O–H groups in total. The Hall–Kier alpha value is -3.53. The number of hydrogen-bond acceptors (Lipinski definition) is 6. The second kappa shape index (κ2) is 9.08. The number of nitriles is 1. The van der Waals surface area contributed by atoms with Gasteiger partial charge in [0.1, 0.15) is 12.1 Å². The van der Waals surface area contributed by atoms with Crippen LogP contribution in [0.1, 0.15) is 10.4 Å². The number of benzene rings is 2. The summed E-state index contributed by atoms with van der Waals surface area (Å²) in [5, 5.41) is 8.95. The van der Waals surface area contributed by atoms with Crippen LogP contribution in [0.4, 0.5) is 5.69 Å². The maximum absolute atomic E-state index is 12.4. The van der Waals surface area contributed by atoms with Crippen LogP contribution >= 0.6 is 0 Å². The molecule has 0 aliphatic carbocycles. The van der Waals surface area contributed by atoms with Crippen molar-refractivity contribution in [3.63, 3.8) is 0 Å². The summed E-state index contributed by atoms with van der Waals surface area (Å²) in [5.74, 6) is -0.625. The molecule has 0 atom stereocenters. The minimum absolute atomic E-state index is 0.145. The molecule has 7 nitrogen and oxygen atoms in total. The lowest BCUT2D eigenvalue weighted by Gasteiger charge is -2.19. The van der Waals surface area contributed by atoms with Gasteiger partial charge in [-0.3, -0.25) is 9.69 Å². The lowest BCUT2D eigenvalue weighted by molar-refractivity contribution is -0.121. The zero-order valence-electron chi connectivity index (χ0n) is 14.5. The van der Waals surface area contributed by atoms with Gasteiger partial charge < -0.3 is 14.2 Å². The van der Waals surface area contributed by atoms with Crippen molar-refractivity contribution in [1.29, 1.82) is 5.26 Å². The van der Waals surface area contributed by atoms with Crippen LogP contribution in [-0.2, 0) is 9.53 Å². The lowest BCUT2D eigenvalue weighted by Crippen LogP contribution is -2.35. The van der Waals surface area contributed by atoms with Gasteiger partial charge in [0.15, 0.2) is 18.1 Å². The Labute approximate surface area is 151 Å². The van der Waals surface area contributed by atoms with Crippen LogP contribution in [0.2, 0.25) is 0 Å². The maximum Gasteiger partial charge on any atom is 0.342 e. The summed E-state index contributed by atoms with van der Waals surface area (Å²) in [6.45, 7) is -0.654. The summed E-state index contributed by atoms with van der Waals surface area (Å²) in [5.41, 5.74) is 0.695. The molecule has 26 heavy (non-hydrogen) atoms. The fourth-order valence-electron chi connectivity index (χ4n) is 2.33. The largest absolute Gasteiger partial charge is 0.493 e. The van der Waals surface area contributed by atoms with Crippen molar-refractivity contribution < 1.29 is 23.8 Å². The van der Waals surface area contributed by atoms with Crippen molar-refractivity contribution in [2.75, 3.05) is 32.3 Å². The highest BCUT2D eigenvalue weighted by Crippen LogP contribution is 2.31. The second-order valence-corrected chi connectivity index (χ2v) is 5.09. The van der Waals surface area contributed by atoms with Crippen molar-refractivity contribution in [2.45, 2.75) is 0 Å². The van der Waals surface area contributed by atoms with Crippen molar-refractivity contribution >= 4 is 17.6 Å². The van der Waals surface area contributed by atoms with Gasteiger partial charge in [-0.1, -0.05) is 24.3 Å². The van der Waals surface area contributed by atoms with E-state index in [4.69, 9.17) is 19.5 Å². The van der Waals surface area contributed by atoms with E-state index in [9.17, 15) is 9.59 Å². The Morgan fingerprint density at radius 1 is 1.04 bits per heavy atom. The quantitative estimate of drug-likeness (QED) is 0.560. The van der Waals surface area contributed by atoms with Gasteiger partial charge >= 0.3 is 5.97 Å². The average Bonchev–Trinajstić information content (AvgIpc) is 2.69. The molecule has 7 heteroatoms. The smallest absolute Gasteiger partial charge is 0.342 e. The van der Waals surface area contributed by atoms with Crippen molar-refractivity contribution in [1.82, 2.24) is 0 Å². The molecule has 0 saturated carbocycles. The molecule has 2 aromatic carbocycles. The molecule has 0 aliphatic heterocycles. The molecular formula is C19H18N2O5. The maximum atomic E-state index is 12.4. The molecule has 0 aliphatic rings. The van der Waals surface area contributed by atoms with Gasteiger partial charge in [0.2, 0.25) is 0 Å². The van der Waals surface area contributed by atoms with E-state index in [1.807, 2.05) is 6.07 Å². The number of amides is 1.